The third-order valence-corrected chi connectivity index (χ3v) is 3.76. The van der Waals surface area contributed by atoms with E-state index in [0.717, 1.165) is 5.69 Å². The summed E-state index contributed by atoms with van der Waals surface area (Å²) in [4.78, 5) is 4.32. The lowest BCUT2D eigenvalue weighted by Gasteiger charge is -2.10. The predicted molar refractivity (Wildman–Crippen MR) is 94.3 cm³/mol. The molecule has 0 saturated carbocycles. The Morgan fingerprint density at radius 3 is 2.22 bits per heavy atom. The molecule has 0 fully saturated rings. The number of hydrogen-bond donors (Lipinski definition) is 2. The fraction of sp³-hybridized carbons (Fsp3) is 0. The van der Waals surface area contributed by atoms with Gasteiger partial charge in [-0.2, -0.15) is 10.1 Å². The van der Waals surface area contributed by atoms with Gasteiger partial charge in [0, 0.05) is 10.7 Å². The molecule has 1 heterocycles. The van der Waals surface area contributed by atoms with Gasteiger partial charge < -0.3 is 10.6 Å². The third kappa shape index (κ3) is 4.01. The van der Waals surface area contributed by atoms with Gasteiger partial charge in [-0.25, -0.2) is 0 Å². The monoisotopic (exact) mass is 365 g/mol. The van der Waals surface area contributed by atoms with Gasteiger partial charge in [-0.3, -0.25) is 0 Å². The maximum absolute atomic E-state index is 6.12. The van der Waals surface area contributed by atoms with E-state index < -0.39 is 0 Å². The lowest BCUT2D eigenvalue weighted by Crippen LogP contribution is -2.02. The number of rotatable bonds is 4. The van der Waals surface area contributed by atoms with E-state index in [4.69, 9.17) is 34.8 Å². The molecule has 116 valence electrons. The molecule has 2 N–H and O–H groups in total. The van der Waals surface area contributed by atoms with Crippen molar-refractivity contribution in [3.63, 3.8) is 0 Å². The van der Waals surface area contributed by atoms with Gasteiger partial charge in [-0.15, -0.1) is 5.10 Å². The highest BCUT2D eigenvalue weighted by atomic mass is 35.5. The number of nitrogens with zero attached hydrogens (tertiary/aromatic N) is 3. The Morgan fingerprint density at radius 1 is 0.826 bits per heavy atom. The highest BCUT2D eigenvalue weighted by Gasteiger charge is 2.08. The van der Waals surface area contributed by atoms with Crippen LogP contribution in [0.3, 0.4) is 0 Å². The van der Waals surface area contributed by atoms with E-state index in [1.807, 2.05) is 12.1 Å². The fourth-order valence-electron chi connectivity index (χ4n) is 1.82. The van der Waals surface area contributed by atoms with Crippen molar-refractivity contribution in [2.24, 2.45) is 0 Å². The van der Waals surface area contributed by atoms with Crippen LogP contribution in [0.25, 0.3) is 0 Å². The average molecular weight is 367 g/mol. The maximum Gasteiger partial charge on any atom is 0.249 e. The summed E-state index contributed by atoms with van der Waals surface area (Å²) in [6, 6.07) is 12.4. The number of benzene rings is 2. The zero-order valence-electron chi connectivity index (χ0n) is 11.6. The molecule has 0 radical (unpaired) electrons. The number of hydrogen-bond acceptors (Lipinski definition) is 5. The van der Waals surface area contributed by atoms with Crippen LogP contribution >= 0.6 is 34.8 Å². The molecule has 0 aliphatic heterocycles. The minimum atomic E-state index is 0.334. The van der Waals surface area contributed by atoms with Crippen LogP contribution in [0.4, 0.5) is 23.1 Å². The first-order chi connectivity index (χ1) is 11.1. The van der Waals surface area contributed by atoms with Crippen molar-refractivity contribution in [1.82, 2.24) is 15.2 Å². The largest absolute Gasteiger partial charge is 0.336 e. The zero-order chi connectivity index (χ0) is 16.2. The summed E-state index contributed by atoms with van der Waals surface area (Å²) in [5.41, 5.74) is 1.36. The van der Waals surface area contributed by atoms with Gasteiger partial charge in [0.25, 0.3) is 0 Å². The van der Waals surface area contributed by atoms with Crippen molar-refractivity contribution in [3.05, 3.63) is 63.7 Å². The van der Waals surface area contributed by atoms with E-state index in [9.17, 15) is 0 Å². The second-order valence-electron chi connectivity index (χ2n) is 4.52. The first kappa shape index (κ1) is 15.8. The molecule has 0 amide bonds. The minimum absolute atomic E-state index is 0.334. The van der Waals surface area contributed by atoms with Gasteiger partial charge in [-0.1, -0.05) is 40.9 Å². The van der Waals surface area contributed by atoms with Gasteiger partial charge in [0.15, 0.2) is 5.82 Å². The Kier molecular flexibility index (Phi) is 4.81. The number of anilines is 4. The van der Waals surface area contributed by atoms with Gasteiger partial charge in [0.05, 0.1) is 21.9 Å². The molecular formula is C15H10Cl3N5. The van der Waals surface area contributed by atoms with Crippen molar-refractivity contribution in [2.75, 3.05) is 10.6 Å². The summed E-state index contributed by atoms with van der Waals surface area (Å²) in [7, 11) is 0. The van der Waals surface area contributed by atoms with Crippen LogP contribution in [-0.4, -0.2) is 15.2 Å². The molecule has 2 aromatic carbocycles. The van der Waals surface area contributed by atoms with Crippen LogP contribution in [0, 0.1) is 0 Å². The van der Waals surface area contributed by atoms with Crippen molar-refractivity contribution < 1.29 is 0 Å². The molecule has 0 aliphatic rings. The van der Waals surface area contributed by atoms with E-state index in [1.54, 1.807) is 30.3 Å². The highest BCUT2D eigenvalue weighted by molar-refractivity contribution is 6.39. The molecule has 0 aliphatic carbocycles. The molecule has 3 aromatic rings. The zero-order valence-corrected chi connectivity index (χ0v) is 13.9. The molecule has 0 saturated heterocycles. The van der Waals surface area contributed by atoms with Crippen LogP contribution < -0.4 is 10.6 Å². The van der Waals surface area contributed by atoms with E-state index in [1.165, 1.54) is 6.20 Å². The lowest BCUT2D eigenvalue weighted by molar-refractivity contribution is 0.982. The molecule has 1 aromatic heterocycles. The number of aromatic nitrogens is 3. The second kappa shape index (κ2) is 7.00. The van der Waals surface area contributed by atoms with Gasteiger partial charge in [-0.05, 0) is 36.4 Å². The van der Waals surface area contributed by atoms with Crippen molar-refractivity contribution in [1.29, 1.82) is 0 Å². The van der Waals surface area contributed by atoms with Crippen LogP contribution in [0.5, 0.6) is 0 Å². The minimum Gasteiger partial charge on any atom is -0.336 e. The second-order valence-corrected chi connectivity index (χ2v) is 5.77. The van der Waals surface area contributed by atoms with Crippen LogP contribution in [0.2, 0.25) is 15.1 Å². The Bertz CT molecular complexity index is 803. The summed E-state index contributed by atoms with van der Waals surface area (Å²) in [5.74, 6) is 0.798. The molecule has 5 nitrogen and oxygen atoms in total. The third-order valence-electron chi connectivity index (χ3n) is 2.88. The summed E-state index contributed by atoms with van der Waals surface area (Å²) in [6.07, 6.45) is 1.48. The fourth-order valence-corrected chi connectivity index (χ4v) is 2.44. The topological polar surface area (TPSA) is 62.7 Å². The first-order valence-corrected chi connectivity index (χ1v) is 7.68. The predicted octanol–water partition coefficient (Wildman–Crippen LogP) is 5.32. The van der Waals surface area contributed by atoms with Crippen molar-refractivity contribution in [2.45, 2.75) is 0 Å². The number of halogens is 3. The Labute approximate surface area is 147 Å². The molecular weight excluding hydrogens is 357 g/mol. The molecule has 0 spiro atoms. The molecule has 0 unspecified atom stereocenters. The van der Waals surface area contributed by atoms with Gasteiger partial charge in [0.1, 0.15) is 0 Å². The summed E-state index contributed by atoms with van der Waals surface area (Å²) < 4.78 is 0. The normalized spacial score (nSPS) is 10.4. The smallest absolute Gasteiger partial charge is 0.249 e. The highest BCUT2D eigenvalue weighted by Crippen LogP contribution is 2.32. The molecule has 23 heavy (non-hydrogen) atoms. The molecule has 0 atom stereocenters. The Hall–Kier alpha value is -2.08. The SMILES string of the molecule is Clc1ccc(Nc2nncc(Nc3c(Cl)cccc3Cl)n2)cc1. The summed E-state index contributed by atoms with van der Waals surface area (Å²) in [5, 5.41) is 15.5. The summed E-state index contributed by atoms with van der Waals surface area (Å²) >= 11 is 18.1. The first-order valence-electron chi connectivity index (χ1n) is 6.55. The van der Waals surface area contributed by atoms with Crippen molar-refractivity contribution >= 4 is 57.9 Å². The Balaban J connectivity index is 1.81. The van der Waals surface area contributed by atoms with Crippen molar-refractivity contribution in [3.8, 4) is 0 Å². The van der Waals surface area contributed by atoms with E-state index in [-0.39, 0.29) is 0 Å². The summed E-state index contributed by atoms with van der Waals surface area (Å²) in [6.45, 7) is 0. The molecule has 3 rings (SSSR count). The van der Waals surface area contributed by atoms with Crippen LogP contribution in [-0.2, 0) is 0 Å². The Morgan fingerprint density at radius 2 is 1.52 bits per heavy atom. The lowest BCUT2D eigenvalue weighted by atomic mass is 10.3. The number of para-hydroxylation sites is 1. The van der Waals surface area contributed by atoms with E-state index >= 15 is 0 Å². The van der Waals surface area contributed by atoms with Crippen LogP contribution in [0.1, 0.15) is 0 Å². The standard InChI is InChI=1S/C15H10Cl3N5/c16-9-4-6-10(7-5-9)20-15-22-13(8-19-23-15)21-14-11(17)2-1-3-12(14)18/h1-8H,(H2,20,21,22,23). The quantitative estimate of drug-likeness (QED) is 0.654. The maximum atomic E-state index is 6.12. The van der Waals surface area contributed by atoms with Crippen LogP contribution in [0.15, 0.2) is 48.7 Å². The van der Waals surface area contributed by atoms with Gasteiger partial charge >= 0.3 is 0 Å². The van der Waals surface area contributed by atoms with E-state index in [2.05, 4.69) is 25.8 Å². The molecule has 0 bridgehead atoms. The molecule has 8 heteroatoms. The van der Waals surface area contributed by atoms with E-state index in [0.29, 0.717) is 32.5 Å². The number of nitrogens with one attached hydrogen (secondary N) is 2. The van der Waals surface area contributed by atoms with Gasteiger partial charge in [0.2, 0.25) is 5.95 Å². The average Bonchev–Trinajstić information content (AvgIpc) is 2.54.